The van der Waals surface area contributed by atoms with Crippen LogP contribution in [0, 0.1) is 6.92 Å². The Bertz CT molecular complexity index is 404. The molecular formula is C13H22N4O. The van der Waals surface area contributed by atoms with E-state index in [0.717, 1.165) is 49.4 Å². The van der Waals surface area contributed by atoms with Crippen LogP contribution in [-0.4, -0.2) is 33.8 Å². The molecule has 0 atom stereocenters. The molecule has 0 aromatic carbocycles. The smallest absolute Gasteiger partial charge is 0.134 e. The van der Waals surface area contributed by atoms with Crippen molar-refractivity contribution in [3.8, 4) is 0 Å². The van der Waals surface area contributed by atoms with Gasteiger partial charge in [-0.05, 0) is 32.6 Å². The predicted molar refractivity (Wildman–Crippen MR) is 72.8 cm³/mol. The quantitative estimate of drug-likeness (QED) is 0.719. The van der Waals surface area contributed by atoms with E-state index in [2.05, 4.69) is 27.5 Å². The van der Waals surface area contributed by atoms with Gasteiger partial charge >= 0.3 is 0 Å². The van der Waals surface area contributed by atoms with Crippen LogP contribution in [0.4, 0.5) is 11.6 Å². The van der Waals surface area contributed by atoms with Crippen LogP contribution >= 0.6 is 0 Å². The van der Waals surface area contributed by atoms with E-state index in [1.807, 2.05) is 6.92 Å². The van der Waals surface area contributed by atoms with Crippen molar-refractivity contribution in [2.24, 2.45) is 0 Å². The summed E-state index contributed by atoms with van der Waals surface area (Å²) < 4.78 is 0. The van der Waals surface area contributed by atoms with Gasteiger partial charge in [0.15, 0.2) is 0 Å². The molecule has 0 bridgehead atoms. The Morgan fingerprint density at radius 3 is 2.50 bits per heavy atom. The summed E-state index contributed by atoms with van der Waals surface area (Å²) in [6.45, 7) is 5.58. The molecule has 3 N–H and O–H groups in total. The molecule has 1 aliphatic rings. The Kier molecular flexibility index (Phi) is 4.01. The minimum absolute atomic E-state index is 0.533. The van der Waals surface area contributed by atoms with Gasteiger partial charge in [0, 0.05) is 18.7 Å². The Labute approximate surface area is 108 Å². The molecule has 5 nitrogen and oxygen atoms in total. The molecule has 100 valence electrons. The number of hydrogen-bond donors (Lipinski definition) is 3. The van der Waals surface area contributed by atoms with Gasteiger partial charge < -0.3 is 15.7 Å². The third-order valence-corrected chi connectivity index (χ3v) is 3.50. The highest BCUT2D eigenvalue weighted by Crippen LogP contribution is 2.31. The first kappa shape index (κ1) is 13.1. The maximum absolute atomic E-state index is 10.1. The van der Waals surface area contributed by atoms with Crippen molar-refractivity contribution in [3.05, 3.63) is 11.9 Å². The summed E-state index contributed by atoms with van der Waals surface area (Å²) in [5.41, 5.74) is 0.475. The van der Waals surface area contributed by atoms with Crippen LogP contribution in [0.1, 0.15) is 38.2 Å². The summed E-state index contributed by atoms with van der Waals surface area (Å²) >= 11 is 0. The molecule has 18 heavy (non-hydrogen) atoms. The lowest BCUT2D eigenvalue weighted by atomic mass is 9.80. The molecule has 1 aromatic rings. The van der Waals surface area contributed by atoms with Crippen LogP contribution in [0.2, 0.25) is 0 Å². The first-order chi connectivity index (χ1) is 8.64. The summed E-state index contributed by atoms with van der Waals surface area (Å²) in [6, 6.07) is 0. The summed E-state index contributed by atoms with van der Waals surface area (Å²) in [5, 5.41) is 16.6. The fraction of sp³-hybridized carbons (Fsp3) is 0.692. The second kappa shape index (κ2) is 5.52. The molecule has 5 heteroatoms. The van der Waals surface area contributed by atoms with Crippen molar-refractivity contribution < 1.29 is 5.11 Å². The summed E-state index contributed by atoms with van der Waals surface area (Å²) in [4.78, 5) is 8.47. The topological polar surface area (TPSA) is 70.1 Å². The third-order valence-electron chi connectivity index (χ3n) is 3.50. The number of rotatable bonds is 6. The highest BCUT2D eigenvalue weighted by molar-refractivity contribution is 5.56. The number of aromatic nitrogens is 2. The molecule has 1 aromatic heterocycles. The number of nitrogens with zero attached hydrogens (tertiary/aromatic N) is 2. The van der Waals surface area contributed by atoms with Crippen LogP contribution in [0.25, 0.3) is 0 Å². The van der Waals surface area contributed by atoms with Gasteiger partial charge in [0.1, 0.15) is 18.0 Å². The Morgan fingerprint density at radius 1 is 1.28 bits per heavy atom. The maximum atomic E-state index is 10.1. The van der Waals surface area contributed by atoms with Gasteiger partial charge in [-0.1, -0.05) is 6.92 Å². The number of hydrogen-bond acceptors (Lipinski definition) is 5. The van der Waals surface area contributed by atoms with Gasteiger partial charge in [0.2, 0.25) is 0 Å². The van der Waals surface area contributed by atoms with E-state index in [4.69, 9.17) is 0 Å². The lowest BCUT2D eigenvalue weighted by molar-refractivity contribution is -0.0202. The van der Waals surface area contributed by atoms with E-state index < -0.39 is 5.60 Å². The van der Waals surface area contributed by atoms with Gasteiger partial charge in [-0.25, -0.2) is 9.97 Å². The predicted octanol–water partition coefficient (Wildman–Crippen LogP) is 1.93. The second-order valence-corrected chi connectivity index (χ2v) is 5.05. The first-order valence-corrected chi connectivity index (χ1v) is 6.66. The standard InChI is InChI=1S/C13H22N4O/c1-3-7-14-11-10(2)12(17-9-16-11)15-8-13(18)5-4-6-13/h9,18H,3-8H2,1-2H3,(H2,14,15,16,17). The average Bonchev–Trinajstić information content (AvgIpc) is 2.34. The fourth-order valence-electron chi connectivity index (χ4n) is 2.06. The molecule has 0 radical (unpaired) electrons. The minimum Gasteiger partial charge on any atom is -0.388 e. The molecule has 1 fully saturated rings. The van der Waals surface area contributed by atoms with Crippen molar-refractivity contribution in [1.82, 2.24) is 9.97 Å². The minimum atomic E-state index is -0.533. The van der Waals surface area contributed by atoms with E-state index in [1.54, 1.807) is 6.33 Å². The summed E-state index contributed by atoms with van der Waals surface area (Å²) in [5.74, 6) is 1.68. The van der Waals surface area contributed by atoms with Crippen LogP contribution in [0.5, 0.6) is 0 Å². The monoisotopic (exact) mass is 250 g/mol. The van der Waals surface area contributed by atoms with Crippen LogP contribution < -0.4 is 10.6 Å². The van der Waals surface area contributed by atoms with E-state index in [0.29, 0.717) is 6.54 Å². The lowest BCUT2D eigenvalue weighted by Crippen LogP contribution is -2.43. The normalized spacial score (nSPS) is 17.1. The number of anilines is 2. The zero-order valence-electron chi connectivity index (χ0n) is 11.2. The number of nitrogens with one attached hydrogen (secondary N) is 2. The highest BCUT2D eigenvalue weighted by Gasteiger charge is 2.34. The van der Waals surface area contributed by atoms with E-state index in [1.165, 1.54) is 0 Å². The van der Waals surface area contributed by atoms with Crippen molar-refractivity contribution in [1.29, 1.82) is 0 Å². The molecule has 2 rings (SSSR count). The molecule has 0 aliphatic heterocycles. The molecule has 0 spiro atoms. The third kappa shape index (κ3) is 2.90. The van der Waals surface area contributed by atoms with Crippen LogP contribution in [-0.2, 0) is 0 Å². The molecule has 0 saturated heterocycles. The highest BCUT2D eigenvalue weighted by atomic mass is 16.3. The van der Waals surface area contributed by atoms with Crippen molar-refractivity contribution in [2.45, 2.75) is 45.1 Å². The van der Waals surface area contributed by atoms with Gasteiger partial charge in [0.25, 0.3) is 0 Å². The molecule has 1 aliphatic carbocycles. The fourth-order valence-corrected chi connectivity index (χ4v) is 2.06. The van der Waals surface area contributed by atoms with Crippen molar-refractivity contribution in [2.75, 3.05) is 23.7 Å². The lowest BCUT2D eigenvalue weighted by Gasteiger charge is -2.36. The SMILES string of the molecule is CCCNc1ncnc(NCC2(O)CCC2)c1C. The first-order valence-electron chi connectivity index (χ1n) is 6.66. The van der Waals surface area contributed by atoms with Crippen molar-refractivity contribution >= 4 is 11.6 Å². The van der Waals surface area contributed by atoms with Gasteiger partial charge in [-0.15, -0.1) is 0 Å². The van der Waals surface area contributed by atoms with E-state index in [-0.39, 0.29) is 0 Å². The van der Waals surface area contributed by atoms with Gasteiger partial charge in [0.05, 0.1) is 5.60 Å². The van der Waals surface area contributed by atoms with Gasteiger partial charge in [-0.3, -0.25) is 0 Å². The summed E-state index contributed by atoms with van der Waals surface area (Å²) in [7, 11) is 0. The van der Waals surface area contributed by atoms with E-state index in [9.17, 15) is 5.11 Å². The second-order valence-electron chi connectivity index (χ2n) is 5.05. The largest absolute Gasteiger partial charge is 0.388 e. The Morgan fingerprint density at radius 2 is 1.94 bits per heavy atom. The Hall–Kier alpha value is -1.36. The van der Waals surface area contributed by atoms with Crippen LogP contribution in [0.15, 0.2) is 6.33 Å². The number of aliphatic hydroxyl groups is 1. The van der Waals surface area contributed by atoms with Gasteiger partial charge in [-0.2, -0.15) is 0 Å². The molecule has 1 saturated carbocycles. The van der Waals surface area contributed by atoms with E-state index >= 15 is 0 Å². The van der Waals surface area contributed by atoms with Crippen LogP contribution in [0.3, 0.4) is 0 Å². The maximum Gasteiger partial charge on any atom is 0.134 e. The molecule has 0 amide bonds. The molecular weight excluding hydrogens is 228 g/mol. The molecule has 1 heterocycles. The average molecular weight is 250 g/mol. The van der Waals surface area contributed by atoms with Crippen molar-refractivity contribution in [3.63, 3.8) is 0 Å². The Balaban J connectivity index is 1.99. The zero-order chi connectivity index (χ0) is 13.0. The molecule has 0 unspecified atom stereocenters. The summed E-state index contributed by atoms with van der Waals surface area (Å²) in [6.07, 6.45) is 5.49. The zero-order valence-corrected chi connectivity index (χ0v) is 11.2.